The van der Waals surface area contributed by atoms with Crippen molar-refractivity contribution in [2.75, 3.05) is 34.4 Å². The van der Waals surface area contributed by atoms with Crippen LogP contribution in [0, 0.1) is 0 Å². The molecule has 0 saturated carbocycles. The minimum absolute atomic E-state index is 0.263. The van der Waals surface area contributed by atoms with E-state index in [9.17, 15) is 9.59 Å². The van der Waals surface area contributed by atoms with Crippen LogP contribution in [0.2, 0.25) is 0 Å². The highest BCUT2D eigenvalue weighted by molar-refractivity contribution is 5.97. The second-order valence-corrected chi connectivity index (χ2v) is 11.2. The van der Waals surface area contributed by atoms with E-state index in [1.165, 1.54) is 7.11 Å². The minimum Gasteiger partial charge on any atom is -0.471 e. The monoisotopic (exact) mass is 568 g/mol. The summed E-state index contributed by atoms with van der Waals surface area (Å²) in [5, 5.41) is 2.07. The summed E-state index contributed by atoms with van der Waals surface area (Å²) in [6.07, 6.45) is 3.63. The maximum Gasteiger partial charge on any atom is 0.369 e. The van der Waals surface area contributed by atoms with Gasteiger partial charge in [-0.05, 0) is 59.5 Å². The van der Waals surface area contributed by atoms with Crippen molar-refractivity contribution < 1.29 is 23.5 Å². The smallest absolute Gasteiger partial charge is 0.369 e. The number of hydrogen-bond acceptors (Lipinski definition) is 5. The fourth-order valence-electron chi connectivity index (χ4n) is 5.66. The van der Waals surface area contributed by atoms with Crippen molar-refractivity contribution in [1.82, 2.24) is 4.98 Å². The molecule has 0 bridgehead atoms. The number of nitrogens with zero attached hydrogens (tertiary/aromatic N) is 2. The molecule has 2 N–H and O–H groups in total. The number of aromatic nitrogens is 1. The molecule has 4 rings (SSSR count). The summed E-state index contributed by atoms with van der Waals surface area (Å²) in [5.41, 5.74) is 10.6. The van der Waals surface area contributed by atoms with Gasteiger partial charge in [0.2, 0.25) is 17.8 Å². The molecule has 220 valence electrons. The van der Waals surface area contributed by atoms with Crippen molar-refractivity contribution in [1.29, 1.82) is 0 Å². The Balaban J connectivity index is 1.72. The van der Waals surface area contributed by atoms with E-state index < -0.39 is 11.9 Å². The van der Waals surface area contributed by atoms with E-state index in [1.54, 1.807) is 6.07 Å². The molecule has 42 heavy (non-hydrogen) atoms. The number of primary amides is 1. The molecule has 1 aromatic heterocycles. The molecule has 1 heterocycles. The van der Waals surface area contributed by atoms with Crippen molar-refractivity contribution in [3.05, 3.63) is 95.2 Å². The van der Waals surface area contributed by atoms with Crippen LogP contribution in [0.1, 0.15) is 59.9 Å². The van der Waals surface area contributed by atoms with Crippen LogP contribution in [0.15, 0.2) is 72.8 Å². The summed E-state index contributed by atoms with van der Waals surface area (Å²) in [6, 6.07) is 23.0. The summed E-state index contributed by atoms with van der Waals surface area (Å²) < 4.78 is 12.0. The number of pyridine rings is 1. The number of benzene rings is 3. The van der Waals surface area contributed by atoms with Crippen molar-refractivity contribution >= 4 is 22.6 Å². The first kappa shape index (κ1) is 30.7. The number of carbonyl (C=O) groups is 2. The third-order valence-electron chi connectivity index (χ3n) is 7.90. The van der Waals surface area contributed by atoms with E-state index in [4.69, 9.17) is 20.2 Å². The number of unbranched alkanes of at least 4 members (excludes halogenated alkanes) is 1. The number of esters is 1. The molecule has 7 heteroatoms. The van der Waals surface area contributed by atoms with Crippen LogP contribution in [-0.4, -0.2) is 55.7 Å². The molecule has 0 saturated heterocycles. The molecule has 0 spiro atoms. The van der Waals surface area contributed by atoms with Gasteiger partial charge in [-0.25, -0.2) is 9.78 Å². The summed E-state index contributed by atoms with van der Waals surface area (Å²) >= 11 is 0. The molecule has 1 atom stereocenters. The van der Waals surface area contributed by atoms with Crippen LogP contribution in [0.5, 0.6) is 5.88 Å². The van der Waals surface area contributed by atoms with Gasteiger partial charge in [-0.3, -0.25) is 4.79 Å². The molecule has 0 aliphatic heterocycles. The standard InChI is InChI=1S/C35H41N3O4/c1-6-8-17-26-23-25-16-12-13-18-28(25)34(37-26)42-22-21-38(3,4)32(35(40)41-5)30-20-19-29(33(36)39)27(7-2)31(30)24-14-10-9-11-15-24/h9-16,18-20,23,32H,6-8,17,21-22H2,1-5H3,(H-,36,39)/p+1/t32-/m1/s1. The molecule has 1 amide bonds. The van der Waals surface area contributed by atoms with Crippen molar-refractivity contribution in [2.24, 2.45) is 5.73 Å². The zero-order valence-corrected chi connectivity index (χ0v) is 25.4. The SMILES string of the molecule is CCCCc1cc2ccccc2c(OCC[N+](C)(C)[C@@H](C(=O)OC)c2ccc(C(N)=O)c(CC)c2-c2ccccc2)n1. The third-order valence-corrected chi connectivity index (χ3v) is 7.90. The summed E-state index contributed by atoms with van der Waals surface area (Å²) in [5.74, 6) is -0.248. The van der Waals surface area contributed by atoms with Crippen LogP contribution in [0.3, 0.4) is 0 Å². The Morgan fingerprint density at radius 3 is 2.36 bits per heavy atom. The number of likely N-dealkylation sites (N-methyl/N-ethyl adjacent to an activating group) is 1. The van der Waals surface area contributed by atoms with Crippen molar-refractivity contribution in [3.8, 4) is 17.0 Å². The van der Waals surface area contributed by atoms with Gasteiger partial charge in [0.15, 0.2) is 0 Å². The lowest BCUT2D eigenvalue weighted by molar-refractivity contribution is -0.912. The van der Waals surface area contributed by atoms with E-state index in [-0.39, 0.29) is 10.5 Å². The molecule has 0 unspecified atom stereocenters. The predicted molar refractivity (Wildman–Crippen MR) is 167 cm³/mol. The molecule has 0 fully saturated rings. The van der Waals surface area contributed by atoms with Gasteiger partial charge in [0.1, 0.15) is 13.2 Å². The van der Waals surface area contributed by atoms with Crippen LogP contribution in [-0.2, 0) is 22.4 Å². The Morgan fingerprint density at radius 1 is 0.976 bits per heavy atom. The van der Waals surface area contributed by atoms with Crippen molar-refractivity contribution in [3.63, 3.8) is 0 Å². The predicted octanol–water partition coefficient (Wildman–Crippen LogP) is 6.28. The van der Waals surface area contributed by atoms with Gasteiger partial charge in [0, 0.05) is 22.2 Å². The highest BCUT2D eigenvalue weighted by Gasteiger charge is 2.40. The average molecular weight is 569 g/mol. The highest BCUT2D eigenvalue weighted by Crippen LogP contribution is 2.39. The van der Waals surface area contributed by atoms with Gasteiger partial charge in [0.05, 0.1) is 21.2 Å². The van der Waals surface area contributed by atoms with Gasteiger partial charge in [-0.1, -0.05) is 74.9 Å². The van der Waals surface area contributed by atoms with Gasteiger partial charge >= 0.3 is 5.97 Å². The third kappa shape index (κ3) is 6.63. The van der Waals surface area contributed by atoms with Crippen LogP contribution < -0.4 is 10.5 Å². The number of quaternary nitrogens is 1. The van der Waals surface area contributed by atoms with Crippen LogP contribution >= 0.6 is 0 Å². The normalized spacial score (nSPS) is 12.2. The number of methoxy groups -OCH3 is 1. The second-order valence-electron chi connectivity index (χ2n) is 11.2. The molecular formula is C35H42N3O4+. The maximum atomic E-state index is 13.5. The quantitative estimate of drug-likeness (QED) is 0.152. The number of hydrogen-bond donors (Lipinski definition) is 1. The number of aryl methyl sites for hydroxylation is 1. The van der Waals surface area contributed by atoms with Gasteiger partial charge in [-0.2, -0.15) is 0 Å². The summed E-state index contributed by atoms with van der Waals surface area (Å²) in [6.45, 7) is 5.01. The van der Waals surface area contributed by atoms with Crippen molar-refractivity contribution in [2.45, 2.75) is 45.6 Å². The zero-order valence-electron chi connectivity index (χ0n) is 25.4. The topological polar surface area (TPSA) is 91.5 Å². The minimum atomic E-state index is -0.679. The number of amides is 1. The molecule has 0 radical (unpaired) electrons. The molecule has 0 aliphatic rings. The lowest BCUT2D eigenvalue weighted by Crippen LogP contribution is -2.49. The van der Waals surface area contributed by atoms with Crippen LogP contribution in [0.4, 0.5) is 0 Å². The fourth-order valence-corrected chi connectivity index (χ4v) is 5.66. The number of ether oxygens (including phenoxy) is 2. The summed E-state index contributed by atoms with van der Waals surface area (Å²) in [4.78, 5) is 30.8. The first-order chi connectivity index (χ1) is 20.2. The maximum absolute atomic E-state index is 13.5. The molecule has 7 nitrogen and oxygen atoms in total. The van der Waals surface area contributed by atoms with E-state index >= 15 is 0 Å². The Labute approximate surface area is 248 Å². The van der Waals surface area contributed by atoms with E-state index in [0.29, 0.717) is 31.0 Å². The Kier molecular flexibility index (Phi) is 9.96. The lowest BCUT2D eigenvalue weighted by Gasteiger charge is -2.37. The zero-order chi connectivity index (χ0) is 30.3. The number of carbonyl (C=O) groups excluding carboxylic acids is 2. The first-order valence-electron chi connectivity index (χ1n) is 14.6. The fraction of sp³-hybridized carbons (Fsp3) is 0.343. The van der Waals surface area contributed by atoms with Gasteiger partial charge < -0.3 is 19.7 Å². The molecule has 0 aliphatic carbocycles. The van der Waals surface area contributed by atoms with Gasteiger partial charge in [-0.15, -0.1) is 0 Å². The first-order valence-corrected chi connectivity index (χ1v) is 14.6. The molecule has 3 aromatic carbocycles. The van der Waals surface area contributed by atoms with E-state index in [1.807, 2.05) is 75.6 Å². The summed E-state index contributed by atoms with van der Waals surface area (Å²) in [7, 11) is 5.40. The number of rotatable bonds is 13. The Morgan fingerprint density at radius 2 is 1.69 bits per heavy atom. The van der Waals surface area contributed by atoms with Crippen LogP contribution in [0.25, 0.3) is 21.9 Å². The number of fused-ring (bicyclic) bond motifs is 1. The molecule has 4 aromatic rings. The average Bonchev–Trinajstić information content (AvgIpc) is 2.99. The Hall–Kier alpha value is -4.23. The molecular weight excluding hydrogens is 526 g/mol. The van der Waals surface area contributed by atoms with E-state index in [0.717, 1.165) is 58.0 Å². The Bertz CT molecular complexity index is 1550. The second kappa shape index (κ2) is 13.6. The van der Waals surface area contributed by atoms with Gasteiger partial charge in [0.25, 0.3) is 0 Å². The number of nitrogens with two attached hydrogens (primary N) is 1. The highest BCUT2D eigenvalue weighted by atomic mass is 16.5. The lowest BCUT2D eigenvalue weighted by atomic mass is 9.85. The largest absolute Gasteiger partial charge is 0.471 e. The van der Waals surface area contributed by atoms with E-state index in [2.05, 4.69) is 19.1 Å².